The Morgan fingerprint density at radius 2 is 1.83 bits per heavy atom. The van der Waals surface area contributed by atoms with Gasteiger partial charge in [-0.2, -0.15) is 0 Å². The number of nitrogens with one attached hydrogen (secondary N) is 1. The predicted molar refractivity (Wildman–Crippen MR) is 114 cm³/mol. The monoisotopic (exact) mass is 421 g/mol. The third-order valence-electron chi connectivity index (χ3n) is 4.69. The van der Waals surface area contributed by atoms with Gasteiger partial charge >= 0.3 is 5.97 Å². The molecule has 2 heterocycles. The number of nitrogens with zero attached hydrogens (tertiary/aromatic N) is 4. The first-order valence-electron chi connectivity index (χ1n) is 9.21. The Hall–Kier alpha value is -3.46. The Morgan fingerprint density at radius 3 is 2.60 bits per heavy atom. The van der Waals surface area contributed by atoms with Crippen molar-refractivity contribution in [2.24, 2.45) is 7.05 Å². The fourth-order valence-electron chi connectivity index (χ4n) is 3.23. The number of thioether (sulfide) groups is 1. The largest absolute Gasteiger partial charge is 0.467 e. The average Bonchev–Trinajstić information content (AvgIpc) is 3.08. The lowest BCUT2D eigenvalue weighted by Crippen LogP contribution is -2.35. The van der Waals surface area contributed by atoms with E-state index in [0.717, 1.165) is 28.2 Å². The van der Waals surface area contributed by atoms with Gasteiger partial charge in [-0.15, -0.1) is 10.2 Å². The zero-order chi connectivity index (χ0) is 21.1. The van der Waals surface area contributed by atoms with Gasteiger partial charge in [0.1, 0.15) is 5.52 Å². The van der Waals surface area contributed by atoms with Gasteiger partial charge in [0.25, 0.3) is 0 Å². The van der Waals surface area contributed by atoms with Crippen LogP contribution in [0.4, 0.5) is 0 Å². The molecule has 0 radical (unpaired) electrons. The van der Waals surface area contributed by atoms with E-state index in [1.54, 1.807) is 24.3 Å². The highest BCUT2D eigenvalue weighted by Crippen LogP contribution is 2.26. The highest BCUT2D eigenvalue weighted by molar-refractivity contribution is 7.99. The number of benzene rings is 2. The van der Waals surface area contributed by atoms with Gasteiger partial charge in [0.05, 0.1) is 18.4 Å². The summed E-state index contributed by atoms with van der Waals surface area (Å²) in [5.41, 5.74) is 3.08. The van der Waals surface area contributed by atoms with Crippen molar-refractivity contribution >= 4 is 45.7 Å². The maximum Gasteiger partial charge on any atom is 0.333 e. The summed E-state index contributed by atoms with van der Waals surface area (Å²) >= 11 is 1.16. The van der Waals surface area contributed by atoms with Gasteiger partial charge in [-0.05, 0) is 11.6 Å². The molecule has 0 spiro atoms. The van der Waals surface area contributed by atoms with Crippen molar-refractivity contribution in [3.05, 3.63) is 60.2 Å². The number of fused-ring (bicyclic) bond motifs is 3. The van der Waals surface area contributed by atoms with E-state index < -0.39 is 12.0 Å². The van der Waals surface area contributed by atoms with Crippen molar-refractivity contribution in [3.63, 3.8) is 0 Å². The number of esters is 1. The molecule has 0 saturated carbocycles. The zero-order valence-electron chi connectivity index (χ0n) is 16.4. The van der Waals surface area contributed by atoms with E-state index in [9.17, 15) is 9.59 Å². The molecule has 0 aliphatic heterocycles. The van der Waals surface area contributed by atoms with E-state index >= 15 is 0 Å². The number of ether oxygens (including phenoxy) is 1. The number of methoxy groups -OCH3 is 1. The lowest BCUT2D eigenvalue weighted by atomic mass is 10.1. The minimum Gasteiger partial charge on any atom is -0.467 e. The van der Waals surface area contributed by atoms with Crippen LogP contribution in [0.3, 0.4) is 0 Å². The summed E-state index contributed by atoms with van der Waals surface area (Å²) in [5, 5.41) is 12.5. The minimum atomic E-state index is -0.871. The first kappa shape index (κ1) is 19.8. The number of aryl methyl sites for hydroxylation is 1. The normalized spacial score (nSPS) is 12.1. The maximum atomic E-state index is 12.5. The van der Waals surface area contributed by atoms with Crippen LogP contribution in [-0.2, 0) is 21.4 Å². The lowest BCUT2D eigenvalue weighted by Gasteiger charge is -2.16. The van der Waals surface area contributed by atoms with Crippen LogP contribution in [0.15, 0.2) is 59.8 Å². The van der Waals surface area contributed by atoms with Crippen molar-refractivity contribution in [3.8, 4) is 0 Å². The Kier molecular flexibility index (Phi) is 5.62. The van der Waals surface area contributed by atoms with Crippen molar-refractivity contribution in [2.45, 2.75) is 11.2 Å². The summed E-state index contributed by atoms with van der Waals surface area (Å²) < 4.78 is 6.77. The number of carbonyl (C=O) groups is 2. The second-order valence-corrected chi connectivity index (χ2v) is 7.51. The third kappa shape index (κ3) is 3.84. The zero-order valence-corrected chi connectivity index (χ0v) is 17.2. The van der Waals surface area contributed by atoms with Crippen molar-refractivity contribution < 1.29 is 14.3 Å². The fraction of sp³-hybridized carbons (Fsp3) is 0.190. The van der Waals surface area contributed by atoms with Crippen LogP contribution in [0.1, 0.15) is 11.6 Å². The SMILES string of the molecule is COC(=O)[C@@H](NC(=O)CSc1nnc2c3ccccc3n(C)c2n1)c1ccccc1. The van der Waals surface area contributed by atoms with Crippen LogP contribution in [0.25, 0.3) is 22.1 Å². The lowest BCUT2D eigenvalue weighted by molar-refractivity contribution is -0.145. The molecule has 8 nitrogen and oxygen atoms in total. The number of hydrogen-bond acceptors (Lipinski definition) is 7. The number of amides is 1. The molecular formula is C21H19N5O3S. The maximum absolute atomic E-state index is 12.5. The minimum absolute atomic E-state index is 0.0391. The number of para-hydroxylation sites is 1. The summed E-state index contributed by atoms with van der Waals surface area (Å²) in [6.07, 6.45) is 0. The Morgan fingerprint density at radius 1 is 1.10 bits per heavy atom. The van der Waals surface area contributed by atoms with E-state index in [2.05, 4.69) is 20.5 Å². The quantitative estimate of drug-likeness (QED) is 0.377. The molecule has 4 aromatic rings. The van der Waals surface area contributed by atoms with Crippen molar-refractivity contribution in [2.75, 3.05) is 12.9 Å². The molecular weight excluding hydrogens is 402 g/mol. The molecule has 4 rings (SSSR count). The first-order valence-corrected chi connectivity index (χ1v) is 10.2. The molecule has 9 heteroatoms. The van der Waals surface area contributed by atoms with Gasteiger partial charge in [-0.3, -0.25) is 4.79 Å². The van der Waals surface area contributed by atoms with Gasteiger partial charge < -0.3 is 14.6 Å². The Balaban J connectivity index is 1.49. The third-order valence-corrected chi connectivity index (χ3v) is 5.53. The summed E-state index contributed by atoms with van der Waals surface area (Å²) in [6.45, 7) is 0. The standard InChI is InChI=1S/C21H19N5O3S/c1-26-15-11-7-6-10-14(15)18-19(26)23-21(25-24-18)30-12-16(27)22-17(20(28)29-2)13-8-4-3-5-9-13/h3-11,17H,12H2,1-2H3,(H,22,27)/t17-/m0/s1. The summed E-state index contributed by atoms with van der Waals surface area (Å²) in [5.74, 6) is -0.827. The number of aromatic nitrogens is 4. The smallest absolute Gasteiger partial charge is 0.333 e. The molecule has 2 aromatic heterocycles. The topological polar surface area (TPSA) is 99.0 Å². The van der Waals surface area contributed by atoms with E-state index in [1.807, 2.05) is 41.9 Å². The van der Waals surface area contributed by atoms with Gasteiger partial charge in [-0.1, -0.05) is 60.3 Å². The molecule has 0 aliphatic carbocycles. The van der Waals surface area contributed by atoms with E-state index in [-0.39, 0.29) is 11.7 Å². The van der Waals surface area contributed by atoms with Crippen LogP contribution in [-0.4, -0.2) is 44.5 Å². The van der Waals surface area contributed by atoms with E-state index in [4.69, 9.17) is 4.74 Å². The van der Waals surface area contributed by atoms with Gasteiger partial charge in [0.15, 0.2) is 11.7 Å². The molecule has 1 N–H and O–H groups in total. The highest BCUT2D eigenvalue weighted by Gasteiger charge is 2.23. The van der Waals surface area contributed by atoms with E-state index in [1.165, 1.54) is 7.11 Å². The van der Waals surface area contributed by atoms with Crippen LogP contribution in [0, 0.1) is 0 Å². The molecule has 30 heavy (non-hydrogen) atoms. The Labute approximate surface area is 176 Å². The number of rotatable bonds is 6. The molecule has 0 bridgehead atoms. The van der Waals surface area contributed by atoms with Gasteiger partial charge in [0, 0.05) is 12.4 Å². The van der Waals surface area contributed by atoms with Crippen LogP contribution in [0.5, 0.6) is 0 Å². The van der Waals surface area contributed by atoms with Crippen LogP contribution < -0.4 is 5.32 Å². The summed E-state index contributed by atoms with van der Waals surface area (Å²) in [7, 11) is 3.21. The predicted octanol–water partition coefficient (Wildman–Crippen LogP) is 2.64. The van der Waals surface area contributed by atoms with Crippen LogP contribution in [0.2, 0.25) is 0 Å². The molecule has 2 aromatic carbocycles. The number of carbonyl (C=O) groups excluding carboxylic acids is 2. The fourth-order valence-corrected chi connectivity index (χ4v) is 3.82. The molecule has 0 fully saturated rings. The average molecular weight is 421 g/mol. The second-order valence-electron chi connectivity index (χ2n) is 6.57. The Bertz CT molecular complexity index is 1230. The molecule has 0 saturated heterocycles. The highest BCUT2D eigenvalue weighted by atomic mass is 32.2. The molecule has 152 valence electrons. The first-order chi connectivity index (χ1) is 14.6. The van der Waals surface area contributed by atoms with Crippen molar-refractivity contribution in [1.82, 2.24) is 25.1 Å². The van der Waals surface area contributed by atoms with E-state index in [0.29, 0.717) is 16.4 Å². The summed E-state index contributed by atoms with van der Waals surface area (Å²) in [4.78, 5) is 29.1. The molecule has 1 atom stereocenters. The van der Waals surface area contributed by atoms with Gasteiger partial charge in [0.2, 0.25) is 11.1 Å². The van der Waals surface area contributed by atoms with Crippen molar-refractivity contribution in [1.29, 1.82) is 0 Å². The van der Waals surface area contributed by atoms with Gasteiger partial charge in [-0.25, -0.2) is 9.78 Å². The van der Waals surface area contributed by atoms with Crippen LogP contribution >= 0.6 is 11.8 Å². The molecule has 0 aliphatic rings. The second kappa shape index (κ2) is 8.50. The number of hydrogen-bond donors (Lipinski definition) is 1. The summed E-state index contributed by atoms with van der Waals surface area (Å²) in [6, 6.07) is 16.0. The molecule has 1 amide bonds. The molecule has 0 unspecified atom stereocenters.